The van der Waals surface area contributed by atoms with Crippen molar-refractivity contribution < 1.29 is 28.6 Å². The largest absolute Gasteiger partial charge is 0.497 e. The number of ether oxygens (including phenoxy) is 3. The predicted molar refractivity (Wildman–Crippen MR) is 182 cm³/mol. The molecule has 3 amide bonds. The summed E-state index contributed by atoms with van der Waals surface area (Å²) in [7, 11) is 3.51. The van der Waals surface area contributed by atoms with Crippen LogP contribution in [0.5, 0.6) is 11.5 Å². The average Bonchev–Trinajstić information content (AvgIpc) is 3.69. The van der Waals surface area contributed by atoms with Crippen LogP contribution in [0.1, 0.15) is 37.7 Å². The van der Waals surface area contributed by atoms with Crippen LogP contribution >= 0.6 is 0 Å². The van der Waals surface area contributed by atoms with Gasteiger partial charge in [0.05, 0.1) is 37.3 Å². The highest BCUT2D eigenvalue weighted by molar-refractivity contribution is 6.16. The van der Waals surface area contributed by atoms with Crippen LogP contribution in [0.4, 0.5) is 16.2 Å². The van der Waals surface area contributed by atoms with Gasteiger partial charge in [0.15, 0.2) is 5.76 Å². The molecule has 3 aromatic carbocycles. The number of amides is 3. The first kappa shape index (κ1) is 30.8. The number of H-pyrrole nitrogens is 1. The van der Waals surface area contributed by atoms with E-state index in [1.54, 1.807) is 60.6 Å². The molecule has 1 saturated heterocycles. The number of Topliss-reactive ketones (excluding diaryl/α,β-unsaturated/α-hetero) is 1. The van der Waals surface area contributed by atoms with Gasteiger partial charge >= 0.3 is 6.03 Å². The van der Waals surface area contributed by atoms with E-state index < -0.39 is 6.03 Å². The Kier molecular flexibility index (Phi) is 7.93. The van der Waals surface area contributed by atoms with Crippen molar-refractivity contribution in [3.05, 3.63) is 94.5 Å². The first-order chi connectivity index (χ1) is 23.2. The highest BCUT2D eigenvalue weighted by Gasteiger charge is 2.29. The monoisotopic (exact) mass is 646 g/mol. The normalized spacial score (nSPS) is 15.0. The Hall–Kier alpha value is -5.88. The summed E-state index contributed by atoms with van der Waals surface area (Å²) < 4.78 is 18.7. The number of urea groups is 1. The summed E-state index contributed by atoms with van der Waals surface area (Å²) in [4.78, 5) is 44.5. The molecule has 0 atom stereocenters. The number of hydrogen-bond donors (Lipinski definition) is 3. The maximum absolute atomic E-state index is 13.7. The van der Waals surface area contributed by atoms with Crippen molar-refractivity contribution in [3.63, 3.8) is 0 Å². The maximum atomic E-state index is 13.7. The van der Waals surface area contributed by atoms with Crippen molar-refractivity contribution in [1.29, 1.82) is 0 Å². The zero-order valence-corrected chi connectivity index (χ0v) is 27.0. The molecule has 0 aliphatic carbocycles. The molecule has 12 nitrogen and oxygen atoms in total. The number of anilines is 2. The molecule has 244 valence electrons. The Morgan fingerprint density at radius 1 is 0.979 bits per heavy atom. The van der Waals surface area contributed by atoms with Crippen LogP contribution in [0, 0.1) is 13.8 Å². The summed E-state index contributed by atoms with van der Waals surface area (Å²) in [6.45, 7) is 6.10. The Morgan fingerprint density at radius 2 is 1.71 bits per heavy atom. The molecule has 0 saturated carbocycles. The summed E-state index contributed by atoms with van der Waals surface area (Å²) in [5.74, 6) is 0.849. The number of aromatic nitrogens is 3. The number of nitrogens with zero attached hydrogens (tertiary/aromatic N) is 3. The van der Waals surface area contributed by atoms with Crippen LogP contribution in [0.15, 0.2) is 66.4 Å². The van der Waals surface area contributed by atoms with E-state index in [1.807, 2.05) is 43.8 Å². The second-order valence-corrected chi connectivity index (χ2v) is 11.7. The lowest BCUT2D eigenvalue weighted by Gasteiger charge is -2.26. The van der Waals surface area contributed by atoms with Gasteiger partial charge in [0, 0.05) is 64.8 Å². The lowest BCUT2D eigenvalue weighted by Crippen LogP contribution is -2.40. The summed E-state index contributed by atoms with van der Waals surface area (Å²) in [6, 6.07) is 16.9. The second-order valence-electron chi connectivity index (χ2n) is 11.7. The van der Waals surface area contributed by atoms with E-state index in [0.717, 1.165) is 39.1 Å². The quantitative estimate of drug-likeness (QED) is 0.195. The molecule has 12 heteroatoms. The highest BCUT2D eigenvalue weighted by atomic mass is 16.5. The van der Waals surface area contributed by atoms with Crippen LogP contribution in [-0.4, -0.2) is 70.8 Å². The fourth-order valence-corrected chi connectivity index (χ4v) is 6.14. The number of fused-ring (bicyclic) bond motifs is 2. The van der Waals surface area contributed by atoms with Gasteiger partial charge in [-0.2, -0.15) is 5.10 Å². The number of carbonyl (C=O) groups excluding carboxylic acids is 3. The first-order valence-corrected chi connectivity index (χ1v) is 15.5. The number of aryl methyl sites for hydroxylation is 2. The van der Waals surface area contributed by atoms with E-state index in [1.165, 1.54) is 0 Å². The lowest BCUT2D eigenvalue weighted by molar-refractivity contribution is 0.0303. The molecule has 0 bridgehead atoms. The number of nitrogens with one attached hydrogen (secondary N) is 3. The smallest absolute Gasteiger partial charge is 0.323 e. The number of methoxy groups -OCH3 is 1. The van der Waals surface area contributed by atoms with Gasteiger partial charge in [0.2, 0.25) is 5.78 Å². The van der Waals surface area contributed by atoms with E-state index in [9.17, 15) is 14.4 Å². The molecule has 2 aliphatic heterocycles. The Morgan fingerprint density at radius 3 is 2.42 bits per heavy atom. The van der Waals surface area contributed by atoms with Gasteiger partial charge in [-0.1, -0.05) is 0 Å². The lowest BCUT2D eigenvalue weighted by atomic mass is 10.0. The number of carbonyl (C=O) groups is 3. The molecule has 0 radical (unpaired) electrons. The summed E-state index contributed by atoms with van der Waals surface area (Å²) in [5.41, 5.74) is 7.03. The number of ketones is 1. The van der Waals surface area contributed by atoms with Crippen molar-refractivity contribution in [1.82, 2.24) is 19.7 Å². The average molecular weight is 647 g/mol. The third kappa shape index (κ3) is 5.66. The number of morpholine rings is 1. The molecular weight excluding hydrogens is 612 g/mol. The summed E-state index contributed by atoms with van der Waals surface area (Å²) >= 11 is 0. The van der Waals surface area contributed by atoms with E-state index >= 15 is 0 Å². The van der Waals surface area contributed by atoms with Crippen LogP contribution in [0.3, 0.4) is 0 Å². The number of allylic oxidation sites excluding steroid dienone is 1. The van der Waals surface area contributed by atoms with Crippen molar-refractivity contribution >= 4 is 46.1 Å². The Labute approximate surface area is 276 Å². The summed E-state index contributed by atoms with van der Waals surface area (Å²) in [5, 5.41) is 11.0. The van der Waals surface area contributed by atoms with Crippen molar-refractivity contribution in [2.24, 2.45) is 7.05 Å². The van der Waals surface area contributed by atoms with Crippen LogP contribution in [0.25, 0.3) is 28.2 Å². The highest BCUT2D eigenvalue weighted by Crippen LogP contribution is 2.39. The Balaban J connectivity index is 1.11. The minimum Gasteiger partial charge on any atom is -0.497 e. The van der Waals surface area contributed by atoms with Gasteiger partial charge in [0.25, 0.3) is 5.91 Å². The van der Waals surface area contributed by atoms with Crippen molar-refractivity contribution in [2.75, 3.05) is 44.0 Å². The van der Waals surface area contributed by atoms with Crippen molar-refractivity contribution in [2.45, 2.75) is 13.8 Å². The molecule has 1 fully saturated rings. The molecule has 4 heterocycles. The molecule has 3 N–H and O–H groups in total. The first-order valence-electron chi connectivity index (χ1n) is 15.5. The van der Waals surface area contributed by atoms with E-state index in [4.69, 9.17) is 14.2 Å². The second kappa shape index (κ2) is 12.4. The van der Waals surface area contributed by atoms with E-state index in [2.05, 4.69) is 20.7 Å². The number of aromatic amines is 1. The zero-order valence-electron chi connectivity index (χ0n) is 27.0. The van der Waals surface area contributed by atoms with Crippen LogP contribution in [-0.2, 0) is 11.8 Å². The van der Waals surface area contributed by atoms with Gasteiger partial charge in [-0.3, -0.25) is 14.3 Å². The third-order valence-electron chi connectivity index (χ3n) is 8.69. The molecule has 2 aliphatic rings. The van der Waals surface area contributed by atoms with Gasteiger partial charge in [0.1, 0.15) is 11.5 Å². The number of rotatable bonds is 6. The van der Waals surface area contributed by atoms with Gasteiger partial charge < -0.3 is 34.7 Å². The molecule has 7 rings (SSSR count). The molecule has 0 unspecified atom stereocenters. The predicted octanol–water partition coefficient (Wildman–Crippen LogP) is 5.93. The van der Waals surface area contributed by atoms with Crippen molar-refractivity contribution in [3.8, 4) is 22.8 Å². The van der Waals surface area contributed by atoms with Gasteiger partial charge in [-0.25, -0.2) is 4.79 Å². The SMILES string of the molecule is COc1ccc2[nH]c(-c3c(C)nn(C)c3C)c(/C=C3\Oc4ccc(NC(=O)Nc5ccc(C(=O)N6CCOCC6)cc5)cc4C3=O)c2c1. The number of benzene rings is 3. The topological polar surface area (TPSA) is 140 Å². The maximum Gasteiger partial charge on any atom is 0.323 e. The molecule has 5 aromatic rings. The van der Waals surface area contributed by atoms with Crippen LogP contribution in [0.2, 0.25) is 0 Å². The fourth-order valence-electron chi connectivity index (χ4n) is 6.14. The third-order valence-corrected chi connectivity index (χ3v) is 8.69. The molecule has 0 spiro atoms. The molecular formula is C36H34N6O6. The minimum absolute atomic E-state index is 0.0734. The van der Waals surface area contributed by atoms with E-state index in [0.29, 0.717) is 60.3 Å². The Bertz CT molecular complexity index is 2120. The standard InChI is InChI=1S/C36H34N6O6/c1-20-32(21(2)41(3)40-20)33-27(26-18-25(46-4)10-11-29(26)39-33)19-31-34(43)28-17-24(9-12-30(28)48-31)38-36(45)37-23-7-5-22(6-8-23)35(44)42-13-15-47-16-14-42/h5-12,17-19,39H,13-16H2,1-4H3,(H2,37,38,45)/b31-19-. The van der Waals surface area contributed by atoms with Gasteiger partial charge in [-0.05, 0) is 80.6 Å². The minimum atomic E-state index is -0.496. The number of hydrogen-bond acceptors (Lipinski definition) is 7. The molecule has 2 aromatic heterocycles. The fraction of sp³-hybridized carbons (Fsp3) is 0.222. The molecule has 48 heavy (non-hydrogen) atoms. The summed E-state index contributed by atoms with van der Waals surface area (Å²) in [6.07, 6.45) is 1.75. The van der Waals surface area contributed by atoms with Gasteiger partial charge in [-0.15, -0.1) is 0 Å². The zero-order chi connectivity index (χ0) is 33.5. The van der Waals surface area contributed by atoms with E-state index in [-0.39, 0.29) is 17.4 Å². The van der Waals surface area contributed by atoms with Crippen LogP contribution < -0.4 is 20.1 Å².